The first-order valence-electron chi connectivity index (χ1n) is 9.67. The quantitative estimate of drug-likeness (QED) is 0.529. The zero-order chi connectivity index (χ0) is 22.6. The summed E-state index contributed by atoms with van der Waals surface area (Å²) in [6.07, 6.45) is 1.57. The van der Waals surface area contributed by atoms with Crippen molar-refractivity contribution in [3.8, 4) is 5.88 Å². The van der Waals surface area contributed by atoms with Crippen LogP contribution in [-0.4, -0.2) is 45.5 Å². The molecule has 0 unspecified atom stereocenters. The molecule has 9 nitrogen and oxygen atoms in total. The number of amidine groups is 1. The molecular formula is C22H20N4O5S. The molecule has 2 N–H and O–H groups in total. The summed E-state index contributed by atoms with van der Waals surface area (Å²) >= 11 is 0. The minimum atomic E-state index is -3.71. The van der Waals surface area contributed by atoms with Crippen molar-refractivity contribution in [3.05, 3.63) is 78.0 Å². The predicted octanol–water partition coefficient (Wildman–Crippen LogP) is 2.92. The van der Waals surface area contributed by atoms with Crippen LogP contribution in [0.3, 0.4) is 0 Å². The Balaban J connectivity index is 1.45. The molecule has 4 rings (SSSR count). The normalized spacial score (nSPS) is 13.7. The molecule has 164 valence electrons. The number of fused-ring (bicyclic) bond motifs is 1. The molecule has 2 heterocycles. The number of amides is 1. The molecule has 1 aliphatic rings. The minimum Gasteiger partial charge on any atom is -0.474 e. The highest BCUT2D eigenvalue weighted by molar-refractivity contribution is 7.90. The molecule has 0 spiro atoms. The summed E-state index contributed by atoms with van der Waals surface area (Å²) in [7, 11) is -2.14. The lowest BCUT2D eigenvalue weighted by atomic mass is 10.1. The number of sulfonamides is 1. The summed E-state index contributed by atoms with van der Waals surface area (Å²) < 4.78 is 38.6. The van der Waals surface area contributed by atoms with Gasteiger partial charge in [0.15, 0.2) is 5.84 Å². The molecule has 0 bridgehead atoms. The molecule has 1 amide bonds. The Hall–Kier alpha value is -3.76. The summed E-state index contributed by atoms with van der Waals surface area (Å²) in [4.78, 5) is 17.0. The molecule has 0 radical (unpaired) electrons. The van der Waals surface area contributed by atoms with Crippen molar-refractivity contribution < 1.29 is 22.7 Å². The molecular weight excluding hydrogens is 432 g/mol. The van der Waals surface area contributed by atoms with Crippen LogP contribution in [-0.2, 0) is 14.8 Å². The van der Waals surface area contributed by atoms with Gasteiger partial charge in [0, 0.05) is 30.1 Å². The van der Waals surface area contributed by atoms with E-state index in [1.807, 2.05) is 0 Å². The SMILES string of the molecule is COCCOc1ncccc1NC(=O)c1ccc(NC2=NS(=O)(=O)c3ccccc32)cc1. The molecule has 0 atom stereocenters. The van der Waals surface area contributed by atoms with Gasteiger partial charge in [0.25, 0.3) is 15.9 Å². The number of ether oxygens (including phenoxy) is 2. The highest BCUT2D eigenvalue weighted by Crippen LogP contribution is 2.27. The summed E-state index contributed by atoms with van der Waals surface area (Å²) in [6.45, 7) is 0.703. The Morgan fingerprint density at radius 1 is 1.00 bits per heavy atom. The average Bonchev–Trinajstić information content (AvgIpc) is 3.05. The molecule has 0 fully saturated rings. The van der Waals surface area contributed by atoms with Gasteiger partial charge in [0.05, 0.1) is 6.61 Å². The summed E-state index contributed by atoms with van der Waals surface area (Å²) in [6, 6.07) is 16.6. The van der Waals surface area contributed by atoms with E-state index in [0.29, 0.717) is 41.6 Å². The number of benzene rings is 2. The van der Waals surface area contributed by atoms with Crippen molar-refractivity contribution >= 4 is 33.1 Å². The Morgan fingerprint density at radius 2 is 1.78 bits per heavy atom. The number of carbonyl (C=O) groups excluding carboxylic acids is 1. The lowest BCUT2D eigenvalue weighted by molar-refractivity contribution is 0.102. The van der Waals surface area contributed by atoms with Crippen LogP contribution in [0.25, 0.3) is 0 Å². The van der Waals surface area contributed by atoms with E-state index in [0.717, 1.165) is 0 Å². The summed E-state index contributed by atoms with van der Waals surface area (Å²) in [5.74, 6) is 0.202. The van der Waals surface area contributed by atoms with Crippen LogP contribution in [0.1, 0.15) is 15.9 Å². The third kappa shape index (κ3) is 4.61. The second kappa shape index (κ2) is 9.16. The number of anilines is 2. The average molecular weight is 452 g/mol. The number of hydrogen-bond donors (Lipinski definition) is 2. The van der Waals surface area contributed by atoms with Crippen molar-refractivity contribution in [2.45, 2.75) is 4.90 Å². The molecule has 32 heavy (non-hydrogen) atoms. The lowest BCUT2D eigenvalue weighted by Gasteiger charge is -2.11. The van der Waals surface area contributed by atoms with E-state index in [-0.39, 0.29) is 16.6 Å². The highest BCUT2D eigenvalue weighted by Gasteiger charge is 2.28. The summed E-state index contributed by atoms with van der Waals surface area (Å²) in [5.41, 5.74) is 1.95. The van der Waals surface area contributed by atoms with Gasteiger partial charge in [-0.25, -0.2) is 4.98 Å². The zero-order valence-electron chi connectivity index (χ0n) is 17.1. The third-order valence-corrected chi connectivity index (χ3v) is 5.92. The van der Waals surface area contributed by atoms with Crippen LogP contribution in [0.15, 0.2) is 76.2 Å². The van der Waals surface area contributed by atoms with E-state index in [2.05, 4.69) is 20.0 Å². The first-order chi connectivity index (χ1) is 15.5. The molecule has 0 saturated heterocycles. The number of aromatic nitrogens is 1. The number of nitrogens with one attached hydrogen (secondary N) is 2. The second-order valence-electron chi connectivity index (χ2n) is 6.76. The first-order valence-corrected chi connectivity index (χ1v) is 11.1. The van der Waals surface area contributed by atoms with Gasteiger partial charge in [-0.05, 0) is 48.5 Å². The number of methoxy groups -OCH3 is 1. The number of hydrogen-bond acceptors (Lipinski definition) is 7. The van der Waals surface area contributed by atoms with Gasteiger partial charge in [-0.2, -0.15) is 8.42 Å². The van der Waals surface area contributed by atoms with Gasteiger partial charge >= 0.3 is 0 Å². The van der Waals surface area contributed by atoms with Gasteiger partial charge in [0.1, 0.15) is 17.2 Å². The minimum absolute atomic E-state index is 0.165. The predicted molar refractivity (Wildman–Crippen MR) is 120 cm³/mol. The summed E-state index contributed by atoms with van der Waals surface area (Å²) in [5, 5.41) is 5.78. The maximum Gasteiger partial charge on any atom is 0.285 e. The molecule has 3 aromatic rings. The standard InChI is InChI=1S/C22H20N4O5S/c1-30-13-14-31-22-18(6-4-12-23-22)25-21(27)15-8-10-16(11-9-15)24-20-17-5-2-3-7-19(17)32(28,29)26-20/h2-12H,13-14H2,1H3,(H,24,26)(H,25,27). The fourth-order valence-electron chi connectivity index (χ4n) is 3.05. The van der Waals surface area contributed by atoms with Crippen molar-refractivity contribution in [1.29, 1.82) is 0 Å². The Kier molecular flexibility index (Phi) is 6.15. The van der Waals surface area contributed by atoms with Crippen LogP contribution in [0.4, 0.5) is 11.4 Å². The van der Waals surface area contributed by atoms with Crippen LogP contribution in [0.2, 0.25) is 0 Å². The molecule has 1 aliphatic heterocycles. The van der Waals surface area contributed by atoms with Crippen LogP contribution < -0.4 is 15.4 Å². The molecule has 10 heteroatoms. The number of nitrogens with zero attached hydrogens (tertiary/aromatic N) is 2. The topological polar surface area (TPSA) is 119 Å². The van der Waals surface area contributed by atoms with Crippen molar-refractivity contribution in [1.82, 2.24) is 4.98 Å². The van der Waals surface area contributed by atoms with E-state index in [1.54, 1.807) is 67.9 Å². The molecule has 0 aliphatic carbocycles. The molecule has 1 aromatic heterocycles. The van der Waals surface area contributed by atoms with E-state index >= 15 is 0 Å². The van der Waals surface area contributed by atoms with Gasteiger partial charge in [0.2, 0.25) is 5.88 Å². The van der Waals surface area contributed by atoms with E-state index in [9.17, 15) is 13.2 Å². The number of rotatable bonds is 7. The maximum absolute atomic E-state index is 12.7. The van der Waals surface area contributed by atoms with Crippen LogP contribution >= 0.6 is 0 Å². The molecule has 2 aromatic carbocycles. The monoisotopic (exact) mass is 452 g/mol. The van der Waals surface area contributed by atoms with E-state index < -0.39 is 10.0 Å². The first kappa shape index (κ1) is 21.5. The largest absolute Gasteiger partial charge is 0.474 e. The molecule has 0 saturated carbocycles. The fraction of sp³-hybridized carbons (Fsp3) is 0.136. The lowest BCUT2D eigenvalue weighted by Crippen LogP contribution is -2.15. The van der Waals surface area contributed by atoms with Gasteiger partial charge < -0.3 is 20.1 Å². The van der Waals surface area contributed by atoms with Gasteiger partial charge in [-0.3, -0.25) is 4.79 Å². The van der Waals surface area contributed by atoms with E-state index in [4.69, 9.17) is 9.47 Å². The van der Waals surface area contributed by atoms with Crippen molar-refractivity contribution in [2.75, 3.05) is 31.0 Å². The van der Waals surface area contributed by atoms with Gasteiger partial charge in [-0.1, -0.05) is 12.1 Å². The smallest absolute Gasteiger partial charge is 0.285 e. The van der Waals surface area contributed by atoms with E-state index in [1.165, 1.54) is 6.07 Å². The Morgan fingerprint density at radius 3 is 2.56 bits per heavy atom. The fourth-order valence-corrected chi connectivity index (χ4v) is 4.23. The Bertz CT molecular complexity index is 1270. The second-order valence-corrected chi connectivity index (χ2v) is 8.34. The van der Waals surface area contributed by atoms with Crippen LogP contribution in [0, 0.1) is 0 Å². The third-order valence-electron chi connectivity index (χ3n) is 4.59. The van der Waals surface area contributed by atoms with Crippen molar-refractivity contribution in [3.63, 3.8) is 0 Å². The van der Waals surface area contributed by atoms with Crippen molar-refractivity contribution in [2.24, 2.45) is 4.40 Å². The maximum atomic E-state index is 12.7. The Labute approximate surface area is 185 Å². The number of pyridine rings is 1. The highest BCUT2D eigenvalue weighted by atomic mass is 32.2. The van der Waals surface area contributed by atoms with Crippen LogP contribution in [0.5, 0.6) is 5.88 Å². The van der Waals surface area contributed by atoms with Gasteiger partial charge in [-0.15, -0.1) is 4.40 Å². The zero-order valence-corrected chi connectivity index (χ0v) is 17.9. The number of carbonyl (C=O) groups is 1.